The third kappa shape index (κ3) is 5.66. The Morgan fingerprint density at radius 1 is 1.22 bits per heavy atom. The fraction of sp³-hybridized carbons (Fsp3) is 0.133. The molecule has 27 heavy (non-hydrogen) atoms. The van der Waals surface area contributed by atoms with Crippen LogP contribution in [-0.4, -0.2) is 15.6 Å². The molecule has 0 aliphatic rings. The molecule has 0 unspecified atom stereocenters. The van der Waals surface area contributed by atoms with Gasteiger partial charge >= 0.3 is 6.18 Å². The molecule has 1 heterocycles. The van der Waals surface area contributed by atoms with E-state index in [0.717, 1.165) is 0 Å². The molecule has 0 saturated carbocycles. The molecule has 144 valence electrons. The predicted molar refractivity (Wildman–Crippen MR) is 94.6 cm³/mol. The topological polar surface area (TPSA) is 75.2 Å². The summed E-state index contributed by atoms with van der Waals surface area (Å²) < 4.78 is 52.3. The highest BCUT2D eigenvalue weighted by Crippen LogP contribution is 2.29. The number of nitrogens with one attached hydrogen (secondary N) is 3. The van der Waals surface area contributed by atoms with Crippen LogP contribution in [0.3, 0.4) is 0 Å². The van der Waals surface area contributed by atoms with Gasteiger partial charge < -0.3 is 9.88 Å². The molecule has 0 spiro atoms. The summed E-state index contributed by atoms with van der Waals surface area (Å²) >= 11 is 10.3. The number of nitrogens with zero attached hydrogens (tertiary/aromatic N) is 1. The van der Waals surface area contributed by atoms with Crippen LogP contribution >= 0.6 is 23.8 Å². The second kappa shape index (κ2) is 8.35. The van der Waals surface area contributed by atoms with Gasteiger partial charge in [0.2, 0.25) is 0 Å². The monoisotopic (exact) mass is 422 g/mol. The van der Waals surface area contributed by atoms with Gasteiger partial charge in [0.05, 0.1) is 11.3 Å². The van der Waals surface area contributed by atoms with Crippen LogP contribution in [0.5, 0.6) is 0 Å². The van der Waals surface area contributed by atoms with E-state index in [4.69, 9.17) is 23.8 Å². The van der Waals surface area contributed by atoms with Crippen LogP contribution in [0.1, 0.15) is 5.56 Å². The van der Waals surface area contributed by atoms with Gasteiger partial charge in [-0.1, -0.05) is 23.7 Å². The van der Waals surface area contributed by atoms with Crippen LogP contribution in [0.4, 0.5) is 23.2 Å². The Hall–Kier alpha value is -2.66. The van der Waals surface area contributed by atoms with Crippen LogP contribution < -0.4 is 21.7 Å². The van der Waals surface area contributed by atoms with E-state index in [2.05, 4.69) is 16.2 Å². The largest absolute Gasteiger partial charge is 0.417 e. The van der Waals surface area contributed by atoms with Crippen molar-refractivity contribution in [1.29, 1.82) is 0 Å². The molecule has 0 fully saturated rings. The fourth-order valence-electron chi connectivity index (χ4n) is 1.91. The number of hydrazine groups is 1. The van der Waals surface area contributed by atoms with Crippen LogP contribution in [0.25, 0.3) is 0 Å². The number of para-hydroxylation sites is 1. The Bertz CT molecular complexity index is 933. The van der Waals surface area contributed by atoms with Crippen molar-refractivity contribution in [3.05, 3.63) is 63.3 Å². The van der Waals surface area contributed by atoms with E-state index in [1.54, 1.807) is 6.07 Å². The Labute approximate surface area is 160 Å². The third-order valence-corrected chi connectivity index (χ3v) is 3.60. The minimum Gasteiger partial charge on any atom is -0.329 e. The number of hydrogen-bond acceptors (Lipinski definition) is 3. The average molecular weight is 423 g/mol. The summed E-state index contributed by atoms with van der Waals surface area (Å²) in [7, 11) is 0. The van der Waals surface area contributed by atoms with Gasteiger partial charge in [0, 0.05) is 6.20 Å². The molecule has 0 bridgehead atoms. The molecule has 0 saturated heterocycles. The smallest absolute Gasteiger partial charge is 0.329 e. The van der Waals surface area contributed by atoms with E-state index in [1.807, 2.05) is 0 Å². The quantitative estimate of drug-likeness (QED) is 0.403. The van der Waals surface area contributed by atoms with Crippen LogP contribution in [0.2, 0.25) is 5.02 Å². The normalized spacial score (nSPS) is 11.0. The Kier molecular flexibility index (Phi) is 6.39. The standard InChI is InChI=1S/C15H11ClF4N4O2S/c16-9-5-8(15(18,19)20)6-24(13(9)26)7-12(25)22-23-14(27)21-11-4-2-1-3-10(11)17/h1-6H,7H2,(H,22,25)(H2,21,23,27). The SMILES string of the molecule is O=C(Cn1cc(C(F)(F)F)cc(Cl)c1=O)NNC(=S)Nc1ccccc1F. The summed E-state index contributed by atoms with van der Waals surface area (Å²) in [6, 6.07) is 6.08. The molecule has 0 radical (unpaired) electrons. The molecule has 1 amide bonds. The number of carbonyl (C=O) groups excluding carboxylic acids is 1. The first-order chi connectivity index (χ1) is 12.6. The highest BCUT2D eigenvalue weighted by molar-refractivity contribution is 7.80. The summed E-state index contributed by atoms with van der Waals surface area (Å²) in [5.74, 6) is -1.47. The number of rotatable bonds is 3. The van der Waals surface area contributed by atoms with Crippen LogP contribution in [-0.2, 0) is 17.5 Å². The maximum Gasteiger partial charge on any atom is 0.417 e. The van der Waals surface area contributed by atoms with Crippen molar-refractivity contribution in [3.8, 4) is 0 Å². The molecule has 2 aromatic rings. The van der Waals surface area contributed by atoms with Crippen molar-refractivity contribution < 1.29 is 22.4 Å². The first-order valence-electron chi connectivity index (χ1n) is 7.15. The van der Waals surface area contributed by atoms with Crippen molar-refractivity contribution in [2.45, 2.75) is 12.7 Å². The lowest BCUT2D eigenvalue weighted by Gasteiger charge is -2.14. The number of pyridine rings is 1. The molecule has 1 aromatic carbocycles. The van der Waals surface area contributed by atoms with E-state index in [0.29, 0.717) is 16.8 Å². The van der Waals surface area contributed by atoms with Crippen molar-refractivity contribution >= 4 is 40.5 Å². The lowest BCUT2D eigenvalue weighted by molar-refractivity contribution is -0.138. The van der Waals surface area contributed by atoms with Gasteiger partial charge in [-0.25, -0.2) is 4.39 Å². The summed E-state index contributed by atoms with van der Waals surface area (Å²) in [4.78, 5) is 23.6. The molecule has 1 aromatic heterocycles. The summed E-state index contributed by atoms with van der Waals surface area (Å²) in [6.45, 7) is -0.752. The minimum absolute atomic E-state index is 0.0464. The summed E-state index contributed by atoms with van der Waals surface area (Å²) in [6.07, 6.45) is -4.26. The zero-order valence-corrected chi connectivity index (χ0v) is 14.8. The number of aromatic nitrogens is 1. The maximum atomic E-state index is 13.5. The number of amides is 1. The first kappa shape index (κ1) is 20.6. The summed E-state index contributed by atoms with van der Waals surface area (Å²) in [5.41, 5.74) is 2.22. The summed E-state index contributed by atoms with van der Waals surface area (Å²) in [5, 5.41) is 1.61. The Morgan fingerprint density at radius 3 is 2.52 bits per heavy atom. The van der Waals surface area contributed by atoms with Gasteiger partial charge in [0.25, 0.3) is 11.5 Å². The second-order valence-electron chi connectivity index (χ2n) is 5.11. The van der Waals surface area contributed by atoms with Gasteiger partial charge in [-0.2, -0.15) is 13.2 Å². The third-order valence-electron chi connectivity index (χ3n) is 3.12. The predicted octanol–water partition coefficient (Wildman–Crippen LogP) is 2.68. The van der Waals surface area contributed by atoms with Gasteiger partial charge in [-0.3, -0.25) is 20.4 Å². The first-order valence-corrected chi connectivity index (χ1v) is 7.94. The fourth-order valence-corrected chi connectivity index (χ4v) is 2.30. The van der Waals surface area contributed by atoms with E-state index in [1.165, 1.54) is 18.2 Å². The zero-order chi connectivity index (χ0) is 20.2. The zero-order valence-electron chi connectivity index (χ0n) is 13.2. The van der Waals surface area contributed by atoms with E-state index in [9.17, 15) is 27.2 Å². The molecule has 3 N–H and O–H groups in total. The molecule has 12 heteroatoms. The molecule has 2 rings (SSSR count). The highest BCUT2D eigenvalue weighted by atomic mass is 35.5. The lowest BCUT2D eigenvalue weighted by atomic mass is 10.2. The van der Waals surface area contributed by atoms with Crippen molar-refractivity contribution in [2.75, 3.05) is 5.32 Å². The number of benzene rings is 1. The van der Waals surface area contributed by atoms with Crippen LogP contribution in [0.15, 0.2) is 41.3 Å². The number of hydrogen-bond donors (Lipinski definition) is 3. The lowest BCUT2D eigenvalue weighted by Crippen LogP contribution is -2.46. The highest BCUT2D eigenvalue weighted by Gasteiger charge is 2.32. The number of carbonyl (C=O) groups is 1. The number of halogens is 5. The van der Waals surface area contributed by atoms with Crippen molar-refractivity contribution in [1.82, 2.24) is 15.4 Å². The Morgan fingerprint density at radius 2 is 1.89 bits per heavy atom. The molecular formula is C15H11ClF4N4O2S. The number of anilines is 1. The average Bonchev–Trinajstić information content (AvgIpc) is 2.58. The number of thiocarbonyl (C=S) groups is 1. The van der Waals surface area contributed by atoms with Gasteiger partial charge in [-0.15, -0.1) is 0 Å². The molecule has 0 aliphatic heterocycles. The van der Waals surface area contributed by atoms with E-state index in [-0.39, 0.29) is 10.8 Å². The molecular weight excluding hydrogens is 412 g/mol. The van der Waals surface area contributed by atoms with Gasteiger partial charge in [0.1, 0.15) is 17.4 Å². The van der Waals surface area contributed by atoms with E-state index >= 15 is 0 Å². The molecule has 6 nitrogen and oxygen atoms in total. The minimum atomic E-state index is -4.74. The molecule has 0 atom stereocenters. The Balaban J connectivity index is 2.00. The van der Waals surface area contributed by atoms with Crippen LogP contribution in [0, 0.1) is 5.82 Å². The van der Waals surface area contributed by atoms with Gasteiger partial charge in [0.15, 0.2) is 5.11 Å². The van der Waals surface area contributed by atoms with Crippen molar-refractivity contribution in [2.24, 2.45) is 0 Å². The second-order valence-corrected chi connectivity index (χ2v) is 5.93. The van der Waals surface area contributed by atoms with Gasteiger partial charge in [-0.05, 0) is 30.4 Å². The maximum absolute atomic E-state index is 13.5. The molecule has 0 aliphatic carbocycles. The number of alkyl halides is 3. The van der Waals surface area contributed by atoms with Crippen molar-refractivity contribution in [3.63, 3.8) is 0 Å². The van der Waals surface area contributed by atoms with E-state index < -0.39 is 40.6 Å².